The normalized spacial score (nSPS) is 15.2. The monoisotopic (exact) mass is 375 g/mol. The number of aromatic nitrogens is 2. The predicted molar refractivity (Wildman–Crippen MR) is 100 cm³/mol. The van der Waals surface area contributed by atoms with Crippen LogP contribution in [0.5, 0.6) is 0 Å². The smallest absolute Gasteiger partial charge is 0.221 e. The molecule has 0 bridgehead atoms. The Morgan fingerprint density at radius 3 is 2.58 bits per heavy atom. The molecular formula is C19H25N3O3S. The van der Waals surface area contributed by atoms with Gasteiger partial charge >= 0.3 is 0 Å². The minimum absolute atomic E-state index is 0.0279. The van der Waals surface area contributed by atoms with Crippen LogP contribution < -0.4 is 5.32 Å². The molecule has 0 unspecified atom stereocenters. The first-order chi connectivity index (χ1) is 12.5. The Morgan fingerprint density at radius 2 is 1.88 bits per heavy atom. The Labute approximate surface area is 154 Å². The minimum atomic E-state index is -3.15. The van der Waals surface area contributed by atoms with Gasteiger partial charge in [0.2, 0.25) is 5.91 Å². The quantitative estimate of drug-likeness (QED) is 0.768. The van der Waals surface area contributed by atoms with Gasteiger partial charge in [-0.25, -0.2) is 8.42 Å². The molecule has 140 valence electrons. The maximum absolute atomic E-state index is 12.3. The topological polar surface area (TPSA) is 81.1 Å². The van der Waals surface area contributed by atoms with Crippen molar-refractivity contribution in [3.8, 4) is 0 Å². The van der Waals surface area contributed by atoms with Crippen LogP contribution in [0.3, 0.4) is 0 Å². The van der Waals surface area contributed by atoms with Crippen molar-refractivity contribution in [2.45, 2.75) is 50.4 Å². The minimum Gasteiger partial charge on any atom is -0.352 e. The summed E-state index contributed by atoms with van der Waals surface area (Å²) in [6.45, 7) is 1.02. The number of sulfone groups is 1. The lowest BCUT2D eigenvalue weighted by atomic mass is 10.1. The zero-order chi connectivity index (χ0) is 18.4. The standard InChI is InChI=1S/C19H25N3O3S/c23-19(10-13-26(24,25)18-8-3-4-9-18)20-14-16-6-1-2-7-17(16)15-22-12-5-11-21-22/h1-2,5-7,11-12,18H,3-4,8-10,13-15H2,(H,20,23). The molecular weight excluding hydrogens is 350 g/mol. The highest BCUT2D eigenvalue weighted by atomic mass is 32.2. The van der Waals surface area contributed by atoms with Crippen molar-refractivity contribution in [3.05, 3.63) is 53.9 Å². The summed E-state index contributed by atoms with van der Waals surface area (Å²) in [5, 5.41) is 6.81. The molecule has 1 aromatic carbocycles. The summed E-state index contributed by atoms with van der Waals surface area (Å²) in [6, 6.07) is 9.73. The summed E-state index contributed by atoms with van der Waals surface area (Å²) in [7, 11) is -3.15. The first-order valence-electron chi connectivity index (χ1n) is 9.07. The highest BCUT2D eigenvalue weighted by Gasteiger charge is 2.28. The lowest BCUT2D eigenvalue weighted by molar-refractivity contribution is -0.120. The maximum atomic E-state index is 12.3. The number of nitrogens with one attached hydrogen (secondary N) is 1. The molecule has 7 heteroatoms. The largest absolute Gasteiger partial charge is 0.352 e. The van der Waals surface area contributed by atoms with Gasteiger partial charge in [-0.15, -0.1) is 0 Å². The fourth-order valence-corrected chi connectivity index (χ4v) is 5.24. The van der Waals surface area contributed by atoms with Gasteiger partial charge in [0.05, 0.1) is 17.5 Å². The third-order valence-electron chi connectivity index (χ3n) is 4.91. The van der Waals surface area contributed by atoms with Crippen LogP contribution in [0, 0.1) is 0 Å². The number of nitrogens with zero attached hydrogens (tertiary/aromatic N) is 2. The molecule has 1 heterocycles. The summed E-state index contributed by atoms with van der Waals surface area (Å²) in [5.41, 5.74) is 2.09. The van der Waals surface area contributed by atoms with Crippen molar-refractivity contribution in [2.75, 3.05) is 5.75 Å². The van der Waals surface area contributed by atoms with Crippen LogP contribution in [-0.4, -0.2) is 35.1 Å². The van der Waals surface area contributed by atoms with Crippen molar-refractivity contribution >= 4 is 15.7 Å². The predicted octanol–water partition coefficient (Wildman–Crippen LogP) is 2.30. The van der Waals surface area contributed by atoms with Crippen LogP contribution in [-0.2, 0) is 27.7 Å². The van der Waals surface area contributed by atoms with E-state index in [0.717, 1.165) is 36.8 Å². The molecule has 1 aromatic heterocycles. The van der Waals surface area contributed by atoms with Crippen LogP contribution in [0.2, 0.25) is 0 Å². The van der Waals surface area contributed by atoms with Crippen molar-refractivity contribution in [2.24, 2.45) is 0 Å². The van der Waals surface area contributed by atoms with Crippen molar-refractivity contribution < 1.29 is 13.2 Å². The summed E-state index contributed by atoms with van der Waals surface area (Å²) in [4.78, 5) is 12.1. The van der Waals surface area contributed by atoms with E-state index >= 15 is 0 Å². The number of hydrogen-bond donors (Lipinski definition) is 1. The summed E-state index contributed by atoms with van der Waals surface area (Å²) in [6.07, 6.45) is 7.08. The summed E-state index contributed by atoms with van der Waals surface area (Å²) < 4.78 is 26.3. The zero-order valence-electron chi connectivity index (χ0n) is 14.8. The highest BCUT2D eigenvalue weighted by molar-refractivity contribution is 7.92. The van der Waals surface area contributed by atoms with Gasteiger partial charge in [-0.2, -0.15) is 5.10 Å². The molecule has 0 radical (unpaired) electrons. The number of carbonyl (C=O) groups excluding carboxylic acids is 1. The van der Waals surface area contributed by atoms with Crippen LogP contribution in [0.1, 0.15) is 43.2 Å². The van der Waals surface area contributed by atoms with Gasteiger partial charge in [-0.1, -0.05) is 37.1 Å². The lowest BCUT2D eigenvalue weighted by Crippen LogP contribution is -2.28. The Morgan fingerprint density at radius 1 is 1.15 bits per heavy atom. The second kappa shape index (κ2) is 8.49. The number of carbonyl (C=O) groups is 1. The van der Waals surface area contributed by atoms with Gasteiger partial charge < -0.3 is 5.32 Å². The molecule has 1 amide bonds. The summed E-state index contributed by atoms with van der Waals surface area (Å²) >= 11 is 0. The van der Waals surface area contributed by atoms with Gasteiger partial charge in [0.15, 0.2) is 9.84 Å². The molecule has 1 fully saturated rings. The van der Waals surface area contributed by atoms with Gasteiger partial charge in [0, 0.05) is 25.4 Å². The average Bonchev–Trinajstić information content (AvgIpc) is 3.33. The van der Waals surface area contributed by atoms with E-state index in [4.69, 9.17) is 0 Å². The Balaban J connectivity index is 1.51. The Hall–Kier alpha value is -2.15. The average molecular weight is 375 g/mol. The lowest BCUT2D eigenvalue weighted by Gasteiger charge is -2.12. The second-order valence-electron chi connectivity index (χ2n) is 6.77. The molecule has 0 spiro atoms. The fourth-order valence-electron chi connectivity index (χ4n) is 3.38. The molecule has 6 nitrogen and oxygen atoms in total. The van der Waals surface area contributed by atoms with E-state index in [2.05, 4.69) is 10.4 Å². The molecule has 2 aromatic rings. The summed E-state index contributed by atoms with van der Waals surface area (Å²) in [5.74, 6) is -0.279. The molecule has 1 saturated carbocycles. The van der Waals surface area contributed by atoms with E-state index in [1.54, 1.807) is 6.20 Å². The molecule has 3 rings (SSSR count). The molecule has 0 saturated heterocycles. The van der Waals surface area contributed by atoms with E-state index in [9.17, 15) is 13.2 Å². The molecule has 26 heavy (non-hydrogen) atoms. The SMILES string of the molecule is O=C(CCS(=O)(=O)C1CCCC1)NCc1ccccc1Cn1cccn1. The first kappa shape index (κ1) is 18.6. The maximum Gasteiger partial charge on any atom is 0.221 e. The third kappa shape index (κ3) is 4.94. The van der Waals surface area contributed by atoms with Crippen LogP contribution in [0.15, 0.2) is 42.7 Å². The van der Waals surface area contributed by atoms with Gasteiger partial charge in [-0.05, 0) is 30.0 Å². The van der Waals surface area contributed by atoms with Crippen molar-refractivity contribution in [3.63, 3.8) is 0 Å². The van der Waals surface area contributed by atoms with Crippen LogP contribution in [0.4, 0.5) is 0 Å². The highest BCUT2D eigenvalue weighted by Crippen LogP contribution is 2.25. The van der Waals surface area contributed by atoms with Crippen LogP contribution in [0.25, 0.3) is 0 Å². The Kier molecular flexibility index (Phi) is 6.08. The van der Waals surface area contributed by atoms with Crippen molar-refractivity contribution in [1.29, 1.82) is 0 Å². The number of amides is 1. The Bertz CT molecular complexity index is 825. The van der Waals surface area contributed by atoms with E-state index < -0.39 is 9.84 Å². The van der Waals surface area contributed by atoms with Gasteiger partial charge in [-0.3, -0.25) is 9.48 Å². The number of benzene rings is 1. The number of hydrogen-bond acceptors (Lipinski definition) is 4. The van der Waals surface area contributed by atoms with Gasteiger partial charge in [0.25, 0.3) is 0 Å². The van der Waals surface area contributed by atoms with E-state index in [1.165, 1.54) is 0 Å². The third-order valence-corrected chi connectivity index (χ3v) is 7.17. The zero-order valence-corrected chi connectivity index (χ0v) is 15.6. The molecule has 0 aliphatic heterocycles. The molecule has 1 N–H and O–H groups in total. The number of rotatable bonds is 8. The van der Waals surface area contributed by atoms with Gasteiger partial charge in [0.1, 0.15) is 0 Å². The first-order valence-corrected chi connectivity index (χ1v) is 10.8. The molecule has 1 aliphatic rings. The van der Waals surface area contributed by atoms with Crippen LogP contribution >= 0.6 is 0 Å². The molecule has 0 atom stereocenters. The second-order valence-corrected chi connectivity index (χ2v) is 9.17. The van der Waals surface area contributed by atoms with E-state index in [0.29, 0.717) is 13.1 Å². The fraction of sp³-hybridized carbons (Fsp3) is 0.474. The van der Waals surface area contributed by atoms with E-state index in [1.807, 2.05) is 41.2 Å². The molecule has 1 aliphatic carbocycles. The van der Waals surface area contributed by atoms with Crippen molar-refractivity contribution in [1.82, 2.24) is 15.1 Å². The van der Waals surface area contributed by atoms with E-state index in [-0.39, 0.29) is 23.3 Å².